The molecule has 1 amide bonds. The van der Waals surface area contributed by atoms with Crippen LogP contribution in [0.15, 0.2) is 42.6 Å². The highest BCUT2D eigenvalue weighted by Crippen LogP contribution is 2.25. The van der Waals surface area contributed by atoms with Gasteiger partial charge in [0.05, 0.1) is 23.5 Å². The topological polar surface area (TPSA) is 75.6 Å². The molecule has 0 fully saturated rings. The number of imidazole rings is 1. The Morgan fingerprint density at radius 3 is 2.45 bits per heavy atom. The SMILES string of the molecule is CCC(NC(=O)c1cc(C(C)C)n(C(C)(C)C)n1)c1ncc(-c2ccccc2)[nH]1. The molecule has 0 saturated carbocycles. The summed E-state index contributed by atoms with van der Waals surface area (Å²) in [7, 11) is 0. The molecule has 0 saturated heterocycles. The lowest BCUT2D eigenvalue weighted by molar-refractivity contribution is 0.0927. The summed E-state index contributed by atoms with van der Waals surface area (Å²) in [4.78, 5) is 20.8. The Morgan fingerprint density at radius 2 is 1.90 bits per heavy atom. The zero-order chi connectivity index (χ0) is 21.2. The first-order valence-corrected chi connectivity index (χ1v) is 10.2. The van der Waals surface area contributed by atoms with Crippen molar-refractivity contribution >= 4 is 5.91 Å². The van der Waals surface area contributed by atoms with Crippen molar-refractivity contribution in [2.75, 3.05) is 0 Å². The van der Waals surface area contributed by atoms with Crippen LogP contribution in [-0.2, 0) is 5.54 Å². The number of carbonyl (C=O) groups is 1. The molecule has 6 nitrogen and oxygen atoms in total. The molecule has 0 aliphatic carbocycles. The van der Waals surface area contributed by atoms with Crippen LogP contribution < -0.4 is 5.32 Å². The number of hydrogen-bond acceptors (Lipinski definition) is 3. The average molecular weight is 394 g/mol. The Labute approximate surface area is 172 Å². The number of aromatic amines is 1. The van der Waals surface area contributed by atoms with Gasteiger partial charge in [0.2, 0.25) is 0 Å². The first-order valence-electron chi connectivity index (χ1n) is 10.2. The van der Waals surface area contributed by atoms with Crippen molar-refractivity contribution in [3.8, 4) is 11.3 Å². The van der Waals surface area contributed by atoms with Crippen LogP contribution in [0, 0.1) is 0 Å². The van der Waals surface area contributed by atoms with E-state index in [9.17, 15) is 4.79 Å². The van der Waals surface area contributed by atoms with Gasteiger partial charge in [-0.15, -0.1) is 0 Å². The minimum Gasteiger partial charge on any atom is -0.341 e. The third-order valence-electron chi connectivity index (χ3n) is 4.92. The molecule has 1 unspecified atom stereocenters. The second-order valence-corrected chi connectivity index (χ2v) is 8.67. The van der Waals surface area contributed by atoms with Crippen molar-refractivity contribution in [2.45, 2.75) is 65.5 Å². The molecule has 29 heavy (non-hydrogen) atoms. The molecule has 1 aromatic carbocycles. The van der Waals surface area contributed by atoms with Gasteiger partial charge in [-0.1, -0.05) is 51.1 Å². The Kier molecular flexibility index (Phi) is 5.91. The van der Waals surface area contributed by atoms with Gasteiger partial charge in [-0.2, -0.15) is 5.10 Å². The van der Waals surface area contributed by atoms with Crippen molar-refractivity contribution in [3.63, 3.8) is 0 Å². The molecule has 154 valence electrons. The largest absolute Gasteiger partial charge is 0.341 e. The molecular weight excluding hydrogens is 362 g/mol. The van der Waals surface area contributed by atoms with Gasteiger partial charge in [0, 0.05) is 5.69 Å². The molecule has 3 rings (SSSR count). The second-order valence-electron chi connectivity index (χ2n) is 8.67. The molecule has 0 aliphatic heterocycles. The first kappa shape index (κ1) is 20.8. The van der Waals surface area contributed by atoms with E-state index in [-0.39, 0.29) is 23.4 Å². The molecule has 0 aliphatic rings. The molecule has 6 heteroatoms. The van der Waals surface area contributed by atoms with E-state index in [1.54, 1.807) is 0 Å². The zero-order valence-corrected chi connectivity index (χ0v) is 18.2. The Hall–Kier alpha value is -2.89. The minimum absolute atomic E-state index is 0.181. The van der Waals surface area contributed by atoms with E-state index >= 15 is 0 Å². The number of benzene rings is 1. The third kappa shape index (κ3) is 4.58. The lowest BCUT2D eigenvalue weighted by atomic mass is 10.1. The van der Waals surface area contributed by atoms with Gasteiger partial charge in [-0.25, -0.2) is 4.98 Å². The summed E-state index contributed by atoms with van der Waals surface area (Å²) in [6, 6.07) is 11.7. The number of aromatic nitrogens is 4. The molecule has 2 aromatic heterocycles. The molecule has 0 radical (unpaired) electrons. The van der Waals surface area contributed by atoms with Crippen LogP contribution >= 0.6 is 0 Å². The van der Waals surface area contributed by atoms with Crippen molar-refractivity contribution < 1.29 is 4.79 Å². The van der Waals surface area contributed by atoms with E-state index < -0.39 is 0 Å². The number of carbonyl (C=O) groups excluding carboxylic acids is 1. The van der Waals surface area contributed by atoms with E-state index in [1.165, 1.54) is 0 Å². The van der Waals surface area contributed by atoms with Crippen LogP contribution in [0.25, 0.3) is 11.3 Å². The monoisotopic (exact) mass is 393 g/mol. The number of nitrogens with one attached hydrogen (secondary N) is 2. The maximum atomic E-state index is 13.0. The summed E-state index contributed by atoms with van der Waals surface area (Å²) >= 11 is 0. The van der Waals surface area contributed by atoms with Gasteiger partial charge in [-0.05, 0) is 44.7 Å². The molecule has 0 bridgehead atoms. The first-order chi connectivity index (χ1) is 13.7. The van der Waals surface area contributed by atoms with E-state index in [0.29, 0.717) is 5.69 Å². The smallest absolute Gasteiger partial charge is 0.272 e. The molecule has 2 heterocycles. The highest BCUT2D eigenvalue weighted by Gasteiger charge is 2.25. The molecule has 2 N–H and O–H groups in total. The van der Waals surface area contributed by atoms with Crippen LogP contribution in [0.3, 0.4) is 0 Å². The summed E-state index contributed by atoms with van der Waals surface area (Å²) in [5.74, 6) is 0.849. The summed E-state index contributed by atoms with van der Waals surface area (Å²) in [5, 5.41) is 7.70. The predicted molar refractivity (Wildman–Crippen MR) is 116 cm³/mol. The molecule has 1 atom stereocenters. The molecule has 3 aromatic rings. The Morgan fingerprint density at radius 1 is 1.21 bits per heavy atom. The standard InChI is InChI=1S/C23H31N5O/c1-7-17(21-24-14-19(25-21)16-11-9-8-10-12-16)26-22(29)18-13-20(15(2)3)28(27-18)23(4,5)6/h8-15,17H,7H2,1-6H3,(H,24,25)(H,26,29). The minimum atomic E-state index is -0.206. The lowest BCUT2D eigenvalue weighted by Gasteiger charge is -2.23. The third-order valence-corrected chi connectivity index (χ3v) is 4.92. The quantitative estimate of drug-likeness (QED) is 0.616. The van der Waals surface area contributed by atoms with Gasteiger partial charge >= 0.3 is 0 Å². The van der Waals surface area contributed by atoms with Crippen molar-refractivity contribution in [3.05, 3.63) is 59.8 Å². The predicted octanol–water partition coefficient (Wildman–Crippen LogP) is 5.03. The van der Waals surface area contributed by atoms with E-state index in [4.69, 9.17) is 0 Å². The normalized spacial score (nSPS) is 12.9. The van der Waals surface area contributed by atoms with Crippen LogP contribution in [0.5, 0.6) is 0 Å². The fraction of sp³-hybridized carbons (Fsp3) is 0.435. The van der Waals surface area contributed by atoms with E-state index in [0.717, 1.165) is 29.2 Å². The number of hydrogen-bond donors (Lipinski definition) is 2. The van der Waals surface area contributed by atoms with Crippen LogP contribution in [0.2, 0.25) is 0 Å². The summed E-state index contributed by atoms with van der Waals surface area (Å²) in [6.07, 6.45) is 2.54. The number of H-pyrrole nitrogens is 1. The summed E-state index contributed by atoms with van der Waals surface area (Å²) in [6.45, 7) is 12.5. The van der Waals surface area contributed by atoms with Crippen LogP contribution in [-0.4, -0.2) is 25.7 Å². The van der Waals surface area contributed by atoms with Gasteiger partial charge in [0.25, 0.3) is 5.91 Å². The maximum absolute atomic E-state index is 13.0. The van der Waals surface area contributed by atoms with Crippen molar-refractivity contribution in [1.82, 2.24) is 25.1 Å². The number of nitrogens with zero attached hydrogens (tertiary/aromatic N) is 3. The van der Waals surface area contributed by atoms with Gasteiger partial charge in [0.1, 0.15) is 11.5 Å². The fourth-order valence-corrected chi connectivity index (χ4v) is 3.33. The lowest BCUT2D eigenvalue weighted by Crippen LogP contribution is -2.30. The number of amides is 1. The Bertz CT molecular complexity index is 963. The zero-order valence-electron chi connectivity index (χ0n) is 18.2. The van der Waals surface area contributed by atoms with Gasteiger partial charge < -0.3 is 10.3 Å². The van der Waals surface area contributed by atoms with Crippen molar-refractivity contribution in [1.29, 1.82) is 0 Å². The summed E-state index contributed by atoms with van der Waals surface area (Å²) < 4.78 is 1.95. The van der Waals surface area contributed by atoms with Crippen molar-refractivity contribution in [2.24, 2.45) is 0 Å². The highest BCUT2D eigenvalue weighted by atomic mass is 16.2. The Balaban J connectivity index is 1.81. The highest BCUT2D eigenvalue weighted by molar-refractivity contribution is 5.92. The average Bonchev–Trinajstić information content (AvgIpc) is 3.34. The van der Waals surface area contributed by atoms with Gasteiger partial charge in [0.15, 0.2) is 0 Å². The van der Waals surface area contributed by atoms with Gasteiger partial charge in [-0.3, -0.25) is 9.48 Å². The number of rotatable bonds is 6. The maximum Gasteiger partial charge on any atom is 0.272 e. The fourth-order valence-electron chi connectivity index (χ4n) is 3.33. The summed E-state index contributed by atoms with van der Waals surface area (Å²) in [5.41, 5.74) is 3.32. The van der Waals surface area contributed by atoms with E-state index in [2.05, 4.69) is 55.0 Å². The van der Waals surface area contributed by atoms with Crippen LogP contribution in [0.1, 0.15) is 81.9 Å². The molecular formula is C23H31N5O. The van der Waals surface area contributed by atoms with E-state index in [1.807, 2.05) is 54.2 Å². The van der Waals surface area contributed by atoms with Crippen LogP contribution in [0.4, 0.5) is 0 Å². The second kappa shape index (κ2) is 8.23. The molecule has 0 spiro atoms.